The Morgan fingerprint density at radius 3 is 2.18 bits per heavy atom. The Bertz CT molecular complexity index is 796. The van der Waals surface area contributed by atoms with Crippen molar-refractivity contribution in [3.8, 4) is 0 Å². The lowest BCUT2D eigenvalue weighted by atomic mass is 10.1. The molecule has 0 aromatic heterocycles. The van der Waals surface area contributed by atoms with E-state index in [1.807, 2.05) is 25.7 Å². The Labute approximate surface area is 215 Å². The fraction of sp³-hybridized carbons (Fsp3) is 0.667. The third-order valence-corrected chi connectivity index (χ3v) is 5.67. The lowest BCUT2D eigenvalue weighted by molar-refractivity contribution is -0.0705. The molecule has 3 rings (SSSR count). The number of hydrogen-bond donors (Lipinski definition) is 1. The summed E-state index contributed by atoms with van der Waals surface area (Å²) in [7, 11) is 0. The fourth-order valence-corrected chi connectivity index (χ4v) is 4.23. The van der Waals surface area contributed by atoms with Crippen molar-refractivity contribution in [2.24, 2.45) is 10.7 Å². The number of nitrogens with zero attached hydrogens (tertiary/aromatic N) is 4. The second-order valence-electron chi connectivity index (χ2n) is 9.85. The largest absolute Gasteiger partial charge is 0.444 e. The van der Waals surface area contributed by atoms with Gasteiger partial charge in [-0.3, -0.25) is 4.90 Å². The van der Waals surface area contributed by atoms with Crippen LogP contribution in [0.25, 0.3) is 0 Å². The highest BCUT2D eigenvalue weighted by molar-refractivity contribution is 14.0. The van der Waals surface area contributed by atoms with E-state index >= 15 is 0 Å². The van der Waals surface area contributed by atoms with Crippen molar-refractivity contribution in [2.75, 3.05) is 39.3 Å². The summed E-state index contributed by atoms with van der Waals surface area (Å²) in [4.78, 5) is 23.1. The van der Waals surface area contributed by atoms with Crippen molar-refractivity contribution in [3.05, 3.63) is 35.4 Å². The van der Waals surface area contributed by atoms with E-state index in [0.29, 0.717) is 38.7 Å². The van der Waals surface area contributed by atoms with Gasteiger partial charge in [-0.05, 0) is 45.7 Å². The molecule has 0 radical (unpaired) electrons. The molecule has 186 valence electrons. The smallest absolute Gasteiger partial charge is 0.410 e. The molecule has 8 nitrogen and oxygen atoms in total. The first-order chi connectivity index (χ1) is 15.1. The van der Waals surface area contributed by atoms with Gasteiger partial charge in [-0.25, -0.2) is 9.79 Å². The molecule has 9 heteroatoms. The molecule has 2 N–H and O–H groups in total. The minimum atomic E-state index is -0.487. The number of halogens is 1. The maximum absolute atomic E-state index is 12.3. The first kappa shape index (κ1) is 27.7. The van der Waals surface area contributed by atoms with Gasteiger partial charge < -0.3 is 25.0 Å². The van der Waals surface area contributed by atoms with Crippen molar-refractivity contribution >= 4 is 36.0 Å². The number of amides is 1. The van der Waals surface area contributed by atoms with Crippen LogP contribution in [0.1, 0.15) is 45.7 Å². The maximum atomic E-state index is 12.3. The van der Waals surface area contributed by atoms with Gasteiger partial charge >= 0.3 is 6.09 Å². The topological polar surface area (TPSA) is 83.6 Å². The number of aliphatic imine (C=N–C) groups is 1. The number of ether oxygens (including phenoxy) is 2. The molecule has 1 aromatic rings. The van der Waals surface area contributed by atoms with Gasteiger partial charge in [0.25, 0.3) is 0 Å². The highest BCUT2D eigenvalue weighted by Crippen LogP contribution is 2.18. The van der Waals surface area contributed by atoms with Gasteiger partial charge in [0, 0.05) is 45.8 Å². The quantitative estimate of drug-likeness (QED) is 0.338. The Morgan fingerprint density at radius 2 is 1.61 bits per heavy atom. The molecule has 2 fully saturated rings. The molecule has 0 aliphatic carbocycles. The molecule has 1 amide bonds. The number of guanidine groups is 1. The molecule has 2 aliphatic heterocycles. The molecule has 2 aliphatic rings. The molecule has 2 heterocycles. The van der Waals surface area contributed by atoms with Crippen molar-refractivity contribution < 1.29 is 14.3 Å². The first-order valence-corrected chi connectivity index (χ1v) is 11.6. The van der Waals surface area contributed by atoms with E-state index in [9.17, 15) is 4.79 Å². The Balaban J connectivity index is 0.00000385. The summed E-state index contributed by atoms with van der Waals surface area (Å²) in [5.74, 6) is 0.525. The predicted octanol–water partition coefficient (Wildman–Crippen LogP) is 3.28. The summed E-state index contributed by atoms with van der Waals surface area (Å²) in [6.45, 7) is 15.7. The zero-order valence-corrected chi connectivity index (χ0v) is 23.0. The van der Waals surface area contributed by atoms with Gasteiger partial charge in [0.1, 0.15) is 5.60 Å². The van der Waals surface area contributed by atoms with Crippen LogP contribution in [-0.4, -0.2) is 83.8 Å². The number of benzene rings is 1. The van der Waals surface area contributed by atoms with Gasteiger partial charge in [0.15, 0.2) is 5.96 Å². The average Bonchev–Trinajstić information content (AvgIpc) is 2.71. The third kappa shape index (κ3) is 8.60. The SMILES string of the molecule is CC1CN(Cc2ccccc2CN=C(N)N2CCN(C(=O)OC(C)(C)C)CC2)CC(C)O1.I. The van der Waals surface area contributed by atoms with E-state index in [4.69, 9.17) is 15.2 Å². The number of nitrogens with two attached hydrogens (primary N) is 1. The molecular weight excluding hydrogens is 533 g/mol. The van der Waals surface area contributed by atoms with Crippen LogP contribution in [0.4, 0.5) is 4.79 Å². The van der Waals surface area contributed by atoms with E-state index in [1.54, 1.807) is 4.90 Å². The third-order valence-electron chi connectivity index (χ3n) is 5.67. The van der Waals surface area contributed by atoms with Crippen LogP contribution in [0.2, 0.25) is 0 Å². The number of morpholine rings is 1. The molecule has 33 heavy (non-hydrogen) atoms. The second-order valence-corrected chi connectivity index (χ2v) is 9.85. The van der Waals surface area contributed by atoms with E-state index in [2.05, 4.69) is 48.0 Å². The lowest BCUT2D eigenvalue weighted by Gasteiger charge is -2.36. The Hall–Kier alpha value is -1.59. The van der Waals surface area contributed by atoms with Crippen LogP contribution in [0.15, 0.2) is 29.3 Å². The van der Waals surface area contributed by atoms with Crippen molar-refractivity contribution in [2.45, 2.75) is 65.5 Å². The van der Waals surface area contributed by atoms with Crippen LogP contribution < -0.4 is 5.73 Å². The molecule has 0 bridgehead atoms. The van der Waals surface area contributed by atoms with Crippen LogP contribution in [0.5, 0.6) is 0 Å². The summed E-state index contributed by atoms with van der Waals surface area (Å²) in [6.07, 6.45) is 0.228. The lowest BCUT2D eigenvalue weighted by Crippen LogP contribution is -2.53. The molecule has 0 saturated carbocycles. The van der Waals surface area contributed by atoms with E-state index in [1.165, 1.54) is 11.1 Å². The molecule has 2 saturated heterocycles. The minimum absolute atomic E-state index is 0. The zero-order chi connectivity index (χ0) is 23.3. The van der Waals surface area contributed by atoms with Crippen LogP contribution in [0, 0.1) is 0 Å². The summed E-state index contributed by atoms with van der Waals surface area (Å²) >= 11 is 0. The van der Waals surface area contributed by atoms with Gasteiger partial charge in [-0.1, -0.05) is 24.3 Å². The molecule has 0 spiro atoms. The van der Waals surface area contributed by atoms with Crippen LogP contribution in [-0.2, 0) is 22.6 Å². The van der Waals surface area contributed by atoms with Crippen molar-refractivity contribution in [1.82, 2.24) is 14.7 Å². The van der Waals surface area contributed by atoms with Crippen molar-refractivity contribution in [3.63, 3.8) is 0 Å². The van der Waals surface area contributed by atoms with Gasteiger partial charge in [0.2, 0.25) is 0 Å². The fourth-order valence-electron chi connectivity index (χ4n) is 4.23. The second kappa shape index (κ2) is 12.2. The maximum Gasteiger partial charge on any atom is 0.410 e. The summed E-state index contributed by atoms with van der Waals surface area (Å²) in [6, 6.07) is 8.43. The Morgan fingerprint density at radius 1 is 1.06 bits per heavy atom. The van der Waals surface area contributed by atoms with Gasteiger partial charge in [0.05, 0.1) is 18.8 Å². The van der Waals surface area contributed by atoms with Gasteiger partial charge in [-0.15, -0.1) is 24.0 Å². The normalized spacial score (nSPS) is 22.6. The molecule has 2 unspecified atom stereocenters. The monoisotopic (exact) mass is 573 g/mol. The van der Waals surface area contributed by atoms with Crippen LogP contribution >= 0.6 is 24.0 Å². The number of piperazine rings is 1. The predicted molar refractivity (Wildman–Crippen MR) is 142 cm³/mol. The number of carbonyl (C=O) groups excluding carboxylic acids is 1. The highest BCUT2D eigenvalue weighted by atomic mass is 127. The molecular formula is C24H40IN5O3. The minimum Gasteiger partial charge on any atom is -0.444 e. The highest BCUT2D eigenvalue weighted by Gasteiger charge is 2.26. The molecule has 1 aromatic carbocycles. The summed E-state index contributed by atoms with van der Waals surface area (Å²) in [5, 5.41) is 0. The zero-order valence-electron chi connectivity index (χ0n) is 20.6. The summed E-state index contributed by atoms with van der Waals surface area (Å²) < 4.78 is 11.3. The van der Waals surface area contributed by atoms with Crippen LogP contribution in [0.3, 0.4) is 0 Å². The average molecular weight is 574 g/mol. The van der Waals surface area contributed by atoms with Crippen molar-refractivity contribution in [1.29, 1.82) is 0 Å². The molecule has 2 atom stereocenters. The Kier molecular flexibility index (Phi) is 10.2. The number of carbonyl (C=O) groups is 1. The first-order valence-electron chi connectivity index (χ1n) is 11.6. The van der Waals surface area contributed by atoms with E-state index < -0.39 is 5.60 Å². The standard InChI is InChI=1S/C24H39N5O3.HI/c1-18-15-27(16-19(2)31-18)17-21-9-7-6-8-20(21)14-26-22(25)28-10-12-29(13-11-28)23(30)32-24(3,4)5;/h6-9,18-19H,10-17H2,1-5H3,(H2,25,26);1H. The summed E-state index contributed by atoms with van der Waals surface area (Å²) in [5.41, 5.74) is 8.29. The number of rotatable bonds is 4. The number of hydrogen-bond acceptors (Lipinski definition) is 5. The van der Waals surface area contributed by atoms with E-state index in [-0.39, 0.29) is 42.3 Å². The van der Waals surface area contributed by atoms with E-state index in [0.717, 1.165) is 19.6 Å². The van der Waals surface area contributed by atoms with Gasteiger partial charge in [-0.2, -0.15) is 0 Å².